The Hall–Kier alpha value is -1.51. The number of carbonyl (C=O) groups is 1. The van der Waals surface area contributed by atoms with Gasteiger partial charge in [0.25, 0.3) is 0 Å². The molecule has 3 nitrogen and oxygen atoms in total. The van der Waals surface area contributed by atoms with Gasteiger partial charge in [-0.15, -0.1) is 0 Å². The molecule has 19 heavy (non-hydrogen) atoms. The summed E-state index contributed by atoms with van der Waals surface area (Å²) in [5, 5.41) is 3.09. The van der Waals surface area contributed by atoms with Gasteiger partial charge >= 0.3 is 6.03 Å². The minimum Gasteiger partial charge on any atom is -0.317 e. The number of nitrogens with one attached hydrogen (secondary N) is 1. The van der Waals surface area contributed by atoms with Crippen LogP contribution in [0.2, 0.25) is 0 Å². The van der Waals surface area contributed by atoms with E-state index in [0.717, 1.165) is 29.7 Å². The molecule has 1 aliphatic heterocycles. The zero-order chi connectivity index (χ0) is 14.2. The average Bonchev–Trinajstić information content (AvgIpc) is 2.58. The van der Waals surface area contributed by atoms with Crippen LogP contribution in [0.4, 0.5) is 10.5 Å². The quantitative estimate of drug-likeness (QED) is 0.810. The lowest BCUT2D eigenvalue weighted by Gasteiger charge is -2.35. The van der Waals surface area contributed by atoms with Gasteiger partial charge in [0.1, 0.15) is 0 Å². The van der Waals surface area contributed by atoms with Gasteiger partial charge in [-0.3, -0.25) is 0 Å². The fraction of sp³-hybridized carbons (Fsp3) is 0.562. The van der Waals surface area contributed by atoms with Gasteiger partial charge in [-0.25, -0.2) is 4.79 Å². The van der Waals surface area contributed by atoms with Gasteiger partial charge in [-0.05, 0) is 58.6 Å². The molecule has 1 aliphatic rings. The number of amides is 2. The van der Waals surface area contributed by atoms with E-state index in [0.29, 0.717) is 6.04 Å². The van der Waals surface area contributed by atoms with Crippen molar-refractivity contribution in [3.05, 3.63) is 29.3 Å². The largest absolute Gasteiger partial charge is 0.322 e. The van der Waals surface area contributed by atoms with E-state index in [9.17, 15) is 4.79 Å². The molecule has 1 atom stereocenters. The molecule has 1 fully saturated rings. The van der Waals surface area contributed by atoms with Crippen molar-refractivity contribution in [2.75, 3.05) is 5.32 Å². The third-order valence-corrected chi connectivity index (χ3v) is 4.20. The highest BCUT2D eigenvalue weighted by atomic mass is 16.2. The number of rotatable bonds is 1. The number of likely N-dealkylation sites (tertiary alicyclic amines) is 1. The summed E-state index contributed by atoms with van der Waals surface area (Å²) in [4.78, 5) is 14.5. The second-order valence-corrected chi connectivity index (χ2v) is 6.27. The van der Waals surface area contributed by atoms with E-state index in [1.165, 1.54) is 0 Å². The van der Waals surface area contributed by atoms with Crippen LogP contribution in [0.1, 0.15) is 44.7 Å². The van der Waals surface area contributed by atoms with Crippen LogP contribution in [0.5, 0.6) is 0 Å². The lowest BCUT2D eigenvalue weighted by atomic mass is 10.0. The number of nitrogens with zero attached hydrogens (tertiary/aromatic N) is 1. The lowest BCUT2D eigenvalue weighted by molar-refractivity contribution is 0.157. The summed E-state index contributed by atoms with van der Waals surface area (Å²) in [5.74, 6) is 0. The van der Waals surface area contributed by atoms with Crippen LogP contribution < -0.4 is 5.32 Å². The molecule has 1 heterocycles. The van der Waals surface area contributed by atoms with Crippen molar-refractivity contribution in [3.63, 3.8) is 0 Å². The number of carbonyl (C=O) groups excluding carboxylic acids is 1. The maximum atomic E-state index is 12.6. The minimum atomic E-state index is -0.0555. The number of urea groups is 1. The summed E-state index contributed by atoms with van der Waals surface area (Å²) in [5.41, 5.74) is 3.11. The Balaban J connectivity index is 2.22. The first-order chi connectivity index (χ1) is 8.83. The highest BCUT2D eigenvalue weighted by Gasteiger charge is 2.40. The maximum absolute atomic E-state index is 12.6. The number of hydrogen-bond donors (Lipinski definition) is 1. The van der Waals surface area contributed by atoms with Gasteiger partial charge in [0.2, 0.25) is 0 Å². The van der Waals surface area contributed by atoms with Crippen molar-refractivity contribution in [1.82, 2.24) is 4.90 Å². The SMILES string of the molecule is Cc1cccc(C)c1NC(=O)N1C(C)CCC1(C)C. The van der Waals surface area contributed by atoms with E-state index in [-0.39, 0.29) is 11.6 Å². The number of para-hydroxylation sites is 1. The molecule has 0 saturated carbocycles. The van der Waals surface area contributed by atoms with Crippen molar-refractivity contribution in [2.45, 2.75) is 59.0 Å². The first-order valence-corrected chi connectivity index (χ1v) is 6.99. The molecule has 0 aromatic heterocycles. The zero-order valence-electron chi connectivity index (χ0n) is 12.6. The number of anilines is 1. The molecule has 2 amide bonds. The van der Waals surface area contributed by atoms with Gasteiger partial charge < -0.3 is 10.2 Å². The van der Waals surface area contributed by atoms with E-state index in [4.69, 9.17) is 0 Å². The average molecular weight is 260 g/mol. The van der Waals surface area contributed by atoms with Crippen molar-refractivity contribution in [3.8, 4) is 0 Å². The van der Waals surface area contributed by atoms with Gasteiger partial charge in [0.15, 0.2) is 0 Å². The normalized spacial score (nSPS) is 21.5. The van der Waals surface area contributed by atoms with E-state index < -0.39 is 0 Å². The van der Waals surface area contributed by atoms with Crippen molar-refractivity contribution in [1.29, 1.82) is 0 Å². The molecular weight excluding hydrogens is 236 g/mol. The van der Waals surface area contributed by atoms with E-state index in [1.54, 1.807) is 0 Å². The molecule has 104 valence electrons. The van der Waals surface area contributed by atoms with Crippen LogP contribution in [0.25, 0.3) is 0 Å². The van der Waals surface area contributed by atoms with E-state index in [2.05, 4.69) is 26.1 Å². The highest BCUT2D eigenvalue weighted by molar-refractivity contribution is 5.92. The van der Waals surface area contributed by atoms with Gasteiger partial charge in [0.05, 0.1) is 0 Å². The standard InChI is InChI=1S/C16H24N2O/c1-11-7-6-8-12(2)14(11)17-15(19)18-13(3)9-10-16(18,4)5/h6-8,13H,9-10H2,1-5H3,(H,17,19). The molecule has 1 N–H and O–H groups in total. The minimum absolute atomic E-state index is 0.0207. The summed E-state index contributed by atoms with van der Waals surface area (Å²) in [6.45, 7) is 10.5. The molecule has 2 rings (SSSR count). The molecule has 1 saturated heterocycles. The molecule has 1 aromatic carbocycles. The van der Waals surface area contributed by atoms with Gasteiger partial charge in [-0.2, -0.15) is 0 Å². The predicted molar refractivity (Wildman–Crippen MR) is 79.5 cm³/mol. The Bertz CT molecular complexity index is 473. The van der Waals surface area contributed by atoms with E-state index in [1.807, 2.05) is 36.9 Å². The number of benzene rings is 1. The predicted octanol–water partition coefficient (Wildman–Crippen LogP) is 4.10. The van der Waals surface area contributed by atoms with Gasteiger partial charge in [-0.1, -0.05) is 18.2 Å². The second kappa shape index (κ2) is 4.87. The van der Waals surface area contributed by atoms with Crippen LogP contribution in [-0.4, -0.2) is 22.5 Å². The number of hydrogen-bond acceptors (Lipinski definition) is 1. The molecule has 1 unspecified atom stereocenters. The fourth-order valence-corrected chi connectivity index (χ4v) is 3.06. The Morgan fingerprint density at radius 1 is 1.32 bits per heavy atom. The molecule has 0 radical (unpaired) electrons. The fourth-order valence-electron chi connectivity index (χ4n) is 3.06. The first kappa shape index (κ1) is 13.9. The number of aryl methyl sites for hydroxylation is 2. The van der Waals surface area contributed by atoms with Crippen molar-refractivity contribution < 1.29 is 4.79 Å². The highest BCUT2D eigenvalue weighted by Crippen LogP contribution is 2.34. The van der Waals surface area contributed by atoms with Crippen LogP contribution in [0, 0.1) is 13.8 Å². The summed E-state index contributed by atoms with van der Waals surface area (Å²) < 4.78 is 0. The van der Waals surface area contributed by atoms with Crippen molar-refractivity contribution in [2.24, 2.45) is 0 Å². The smallest absolute Gasteiger partial charge is 0.317 e. The Morgan fingerprint density at radius 2 is 1.89 bits per heavy atom. The van der Waals surface area contributed by atoms with Gasteiger partial charge in [0, 0.05) is 17.3 Å². The van der Waals surface area contributed by atoms with Crippen molar-refractivity contribution >= 4 is 11.7 Å². The molecule has 3 heteroatoms. The molecule has 0 aliphatic carbocycles. The summed E-state index contributed by atoms with van der Waals surface area (Å²) in [7, 11) is 0. The monoisotopic (exact) mass is 260 g/mol. The van der Waals surface area contributed by atoms with E-state index >= 15 is 0 Å². The van der Waals surface area contributed by atoms with Crippen LogP contribution in [-0.2, 0) is 0 Å². The first-order valence-electron chi connectivity index (χ1n) is 6.99. The Kier molecular flexibility index (Phi) is 3.57. The third-order valence-electron chi connectivity index (χ3n) is 4.20. The maximum Gasteiger partial charge on any atom is 0.322 e. The summed E-state index contributed by atoms with van der Waals surface area (Å²) >= 11 is 0. The topological polar surface area (TPSA) is 32.3 Å². The Morgan fingerprint density at radius 3 is 2.37 bits per heavy atom. The summed E-state index contributed by atoms with van der Waals surface area (Å²) in [6.07, 6.45) is 2.14. The molecule has 1 aromatic rings. The van der Waals surface area contributed by atoms with Crippen LogP contribution in [0.15, 0.2) is 18.2 Å². The second-order valence-electron chi connectivity index (χ2n) is 6.27. The molecule has 0 bridgehead atoms. The summed E-state index contributed by atoms with van der Waals surface area (Å²) in [6, 6.07) is 6.40. The van der Waals surface area contributed by atoms with Crippen LogP contribution in [0.3, 0.4) is 0 Å². The molecular formula is C16H24N2O. The third kappa shape index (κ3) is 2.60. The lowest BCUT2D eigenvalue weighted by Crippen LogP contribution is -2.48. The molecule has 0 spiro atoms. The zero-order valence-corrected chi connectivity index (χ0v) is 12.6. The van der Waals surface area contributed by atoms with Crippen LogP contribution >= 0.6 is 0 Å². The Labute approximate surface area is 116 Å².